The average molecular weight is 207 g/mol. The summed E-state index contributed by atoms with van der Waals surface area (Å²) in [6.07, 6.45) is 0. The smallest absolute Gasteiger partial charge is 1.00 e. The number of rotatable bonds is 0. The van der Waals surface area contributed by atoms with E-state index in [9.17, 15) is 0 Å². The van der Waals surface area contributed by atoms with E-state index in [0.29, 0.717) is 0 Å². The van der Waals surface area contributed by atoms with Crippen LogP contribution in [0.15, 0.2) is 0 Å². The molecular weight excluding hydrogens is 207 g/mol. The summed E-state index contributed by atoms with van der Waals surface area (Å²) in [5, 5.41) is 29.5. The summed E-state index contributed by atoms with van der Waals surface area (Å²) in [5.74, 6) is 0. The summed E-state index contributed by atoms with van der Waals surface area (Å²) in [6, 6.07) is 0. The third-order valence-electron chi connectivity index (χ3n) is 0. The number of nitrogens with zero attached hydrogens (tertiary/aromatic N) is 2. The summed E-state index contributed by atoms with van der Waals surface area (Å²) in [5.41, 5.74) is 0. The van der Waals surface area contributed by atoms with Crippen LogP contribution >= 0.6 is 0 Å². The summed E-state index contributed by atoms with van der Waals surface area (Å²) in [6.45, 7) is 0. The molecule has 0 spiro atoms. The molecule has 0 aliphatic rings. The molecule has 0 rings (SSSR count). The molecule has 0 bridgehead atoms. The fraction of sp³-hybridized carbons (Fsp3) is 0. The molecule has 0 saturated carbocycles. The Morgan fingerprint density at radius 2 is 0.818 bits per heavy atom. The van der Waals surface area contributed by atoms with Crippen molar-refractivity contribution in [3.63, 3.8) is 0 Å². The van der Waals surface area contributed by atoms with Crippen molar-refractivity contribution in [2.45, 2.75) is 0 Å². The van der Waals surface area contributed by atoms with Crippen molar-refractivity contribution in [3.8, 4) is 0 Å². The maximum atomic E-state index is 8.25. The van der Waals surface area contributed by atoms with Gasteiger partial charge < -0.3 is 43.1 Å². The number of hydrogen-bond donors (Lipinski definition) is 0. The maximum Gasteiger partial charge on any atom is 2.00 e. The van der Waals surface area contributed by atoms with Gasteiger partial charge >= 0.3 is 52.6 Å². The molecule has 0 amide bonds. The van der Waals surface area contributed by atoms with Crippen LogP contribution in [0.5, 0.6) is 0 Å². The summed E-state index contributed by atoms with van der Waals surface area (Å²) in [7, 11) is 0. The van der Waals surface area contributed by atoms with Crippen molar-refractivity contribution in [2.24, 2.45) is 0 Å². The van der Waals surface area contributed by atoms with E-state index in [-0.39, 0.29) is 65.0 Å². The topological polar surface area (TPSA) is 132 Å². The minimum atomic E-state index is -1.75. The first-order chi connectivity index (χ1) is 3.46. The van der Waals surface area contributed by atoms with Crippen LogP contribution < -0.4 is 42.0 Å². The first-order valence-electron chi connectivity index (χ1n) is 1.10. The zero-order chi connectivity index (χ0) is 7.15. The molecule has 0 aliphatic heterocycles. The quantitative estimate of drug-likeness (QED) is 0.220. The molecule has 0 aliphatic carbocycles. The number of halogens is 1. The van der Waals surface area contributed by atoms with Crippen molar-refractivity contribution in [2.75, 3.05) is 0 Å². The molecule has 0 aromatic carbocycles. The van der Waals surface area contributed by atoms with Crippen molar-refractivity contribution in [3.05, 3.63) is 30.6 Å². The van der Waals surface area contributed by atoms with Gasteiger partial charge in [-0.15, -0.1) is 0 Å². The van der Waals surface area contributed by atoms with E-state index in [1.165, 1.54) is 0 Å². The van der Waals surface area contributed by atoms with Gasteiger partial charge in [0.2, 0.25) is 0 Å². The van der Waals surface area contributed by atoms with Crippen LogP contribution in [-0.4, -0.2) is 33.2 Å². The van der Waals surface area contributed by atoms with Crippen LogP contribution in [0.2, 0.25) is 0 Å². The third kappa shape index (κ3) is 3590. The van der Waals surface area contributed by atoms with Crippen LogP contribution in [-0.2, 0) is 0 Å². The molecule has 0 aromatic rings. The Bertz CT molecular complexity index is 78.6. The Hall–Kier alpha value is 0.456. The van der Waals surface area contributed by atoms with Gasteiger partial charge in [0.25, 0.3) is 0 Å². The van der Waals surface area contributed by atoms with Gasteiger partial charge in [-0.3, -0.25) is 0 Å². The van der Waals surface area contributed by atoms with Gasteiger partial charge in [0.05, 0.1) is 10.2 Å². The third-order valence-corrected chi connectivity index (χ3v) is 0. The summed E-state index contributed by atoms with van der Waals surface area (Å²) >= 11 is 0. The molecule has 0 unspecified atom stereocenters. The van der Waals surface area contributed by atoms with Crippen molar-refractivity contribution >= 4 is 23.1 Å². The van der Waals surface area contributed by atoms with E-state index in [4.69, 9.17) is 30.6 Å². The van der Waals surface area contributed by atoms with Crippen molar-refractivity contribution in [1.82, 2.24) is 0 Å². The normalized spacial score (nSPS) is 4.36. The monoisotopic (exact) mass is 206 g/mol. The van der Waals surface area contributed by atoms with E-state index >= 15 is 0 Å². The molecule has 11 heavy (non-hydrogen) atoms. The van der Waals surface area contributed by atoms with E-state index < -0.39 is 10.2 Å². The van der Waals surface area contributed by atoms with Gasteiger partial charge in [-0.05, 0) is 0 Å². The second kappa shape index (κ2) is 22.4. The SMILES string of the molecule is O=[N+]([O-])[O-].O=[N+]([O-])[O-].[Cl-].[Mg+2].[Na+]. The zero-order valence-electron chi connectivity index (χ0n) is 5.43. The van der Waals surface area contributed by atoms with E-state index in [1.807, 2.05) is 0 Å². The zero-order valence-corrected chi connectivity index (χ0v) is 9.60. The Morgan fingerprint density at radius 1 is 0.818 bits per heavy atom. The molecule has 0 heterocycles. The molecule has 0 atom stereocenters. The standard InChI is InChI=1S/ClH.Mg.2NO3.Na/c;;2*2-1(3)4;/h1H;;;;/q;+2;2*-1;+1/p-1. The van der Waals surface area contributed by atoms with Gasteiger partial charge in [-0.25, -0.2) is 0 Å². The predicted octanol–water partition coefficient (Wildman–Crippen LogP) is -6.85. The molecule has 0 aromatic heterocycles. The Kier molecular flexibility index (Phi) is 61.3. The summed E-state index contributed by atoms with van der Waals surface area (Å²) < 4.78 is 0. The fourth-order valence-corrected chi connectivity index (χ4v) is 0. The summed E-state index contributed by atoms with van der Waals surface area (Å²) in [4.78, 5) is 16.5. The van der Waals surface area contributed by atoms with Crippen LogP contribution in [0.3, 0.4) is 0 Å². The Labute approximate surface area is 105 Å². The minimum absolute atomic E-state index is 0. The maximum absolute atomic E-state index is 8.25. The molecule has 0 N–H and O–H groups in total. The Morgan fingerprint density at radius 3 is 0.818 bits per heavy atom. The van der Waals surface area contributed by atoms with Gasteiger partial charge in [-0.1, -0.05) is 0 Å². The van der Waals surface area contributed by atoms with Crippen LogP contribution in [0.25, 0.3) is 0 Å². The molecule has 0 saturated heterocycles. The average Bonchev–Trinajstić information content (AvgIpc) is 1.25. The van der Waals surface area contributed by atoms with Gasteiger partial charge in [0, 0.05) is 0 Å². The molecule has 56 valence electrons. The van der Waals surface area contributed by atoms with Gasteiger partial charge in [0.15, 0.2) is 0 Å². The van der Waals surface area contributed by atoms with E-state index in [2.05, 4.69) is 0 Å². The van der Waals surface area contributed by atoms with E-state index in [1.54, 1.807) is 0 Å². The van der Waals surface area contributed by atoms with Crippen LogP contribution in [0, 0.1) is 30.6 Å². The fourth-order valence-electron chi connectivity index (χ4n) is 0. The first kappa shape index (κ1) is 30.0. The predicted molar refractivity (Wildman–Crippen MR) is 26.5 cm³/mol. The second-order valence-electron chi connectivity index (χ2n) is 0.447. The molecule has 0 radical (unpaired) electrons. The Balaban J connectivity index is -0.0000000171. The minimum Gasteiger partial charge on any atom is -1.00 e. The van der Waals surface area contributed by atoms with Gasteiger partial charge in [0.1, 0.15) is 0 Å². The molecule has 11 heteroatoms. The molecule has 0 fully saturated rings. The van der Waals surface area contributed by atoms with Crippen LogP contribution in [0.4, 0.5) is 0 Å². The van der Waals surface area contributed by atoms with Gasteiger partial charge in [-0.2, -0.15) is 0 Å². The largest absolute Gasteiger partial charge is 2.00 e. The molecular formula is ClMgN2NaO6. The second-order valence-corrected chi connectivity index (χ2v) is 0.447. The van der Waals surface area contributed by atoms with Crippen LogP contribution in [0.1, 0.15) is 0 Å². The molecule has 8 nitrogen and oxygen atoms in total. The number of hydrogen-bond acceptors (Lipinski definition) is 6. The van der Waals surface area contributed by atoms with Crippen molar-refractivity contribution in [1.29, 1.82) is 0 Å². The van der Waals surface area contributed by atoms with Crippen molar-refractivity contribution < 1.29 is 52.1 Å². The van der Waals surface area contributed by atoms with E-state index in [0.717, 1.165) is 0 Å². The first-order valence-corrected chi connectivity index (χ1v) is 1.10.